The summed E-state index contributed by atoms with van der Waals surface area (Å²) in [6.45, 7) is 7.20. The van der Waals surface area contributed by atoms with E-state index in [2.05, 4.69) is 26.1 Å². The summed E-state index contributed by atoms with van der Waals surface area (Å²) in [6.07, 6.45) is 0.204. The molecule has 1 atom stereocenters. The maximum absolute atomic E-state index is 12.6. The maximum Gasteiger partial charge on any atom is 0.263 e. The zero-order valence-corrected chi connectivity index (χ0v) is 19.2. The molecule has 168 valence electrons. The van der Waals surface area contributed by atoms with Gasteiger partial charge in [0.2, 0.25) is 10.0 Å². The zero-order chi connectivity index (χ0) is 22.6. The van der Waals surface area contributed by atoms with Crippen LogP contribution in [0.25, 0.3) is 0 Å². The molecule has 2 aromatic carbocycles. The number of benzene rings is 2. The van der Waals surface area contributed by atoms with Crippen LogP contribution >= 0.6 is 0 Å². The van der Waals surface area contributed by atoms with E-state index in [4.69, 9.17) is 9.47 Å². The van der Waals surface area contributed by atoms with Gasteiger partial charge in [0.15, 0.2) is 6.10 Å². The SMILES string of the molecule is CC(C)(C)c1ccc2c(c1)N(S(C)(=O)=O)CC(C(=O)NCCOCc1ccccc1)O2. The molecule has 0 saturated heterocycles. The van der Waals surface area contributed by atoms with Crippen molar-refractivity contribution in [3.05, 3.63) is 59.7 Å². The number of carbonyl (C=O) groups is 1. The average molecular weight is 447 g/mol. The van der Waals surface area contributed by atoms with Crippen molar-refractivity contribution in [1.82, 2.24) is 5.32 Å². The highest BCUT2D eigenvalue weighted by Gasteiger charge is 2.35. The van der Waals surface area contributed by atoms with E-state index < -0.39 is 16.1 Å². The van der Waals surface area contributed by atoms with Crippen molar-refractivity contribution in [2.24, 2.45) is 0 Å². The Morgan fingerprint density at radius 3 is 2.55 bits per heavy atom. The summed E-state index contributed by atoms with van der Waals surface area (Å²) in [5.74, 6) is 0.00709. The van der Waals surface area contributed by atoms with E-state index in [0.29, 0.717) is 31.2 Å². The number of hydrogen-bond acceptors (Lipinski definition) is 5. The Labute approximate surface area is 184 Å². The lowest BCUT2D eigenvalue weighted by Crippen LogP contribution is -2.51. The number of nitrogens with one attached hydrogen (secondary N) is 1. The molecule has 1 aliphatic rings. The van der Waals surface area contributed by atoms with Gasteiger partial charge >= 0.3 is 0 Å². The molecule has 1 heterocycles. The highest BCUT2D eigenvalue weighted by Crippen LogP contribution is 2.38. The monoisotopic (exact) mass is 446 g/mol. The number of anilines is 1. The fraction of sp³-hybridized carbons (Fsp3) is 0.435. The van der Waals surface area contributed by atoms with Crippen LogP contribution in [0.15, 0.2) is 48.5 Å². The summed E-state index contributed by atoms with van der Waals surface area (Å²) < 4.78 is 37.5. The lowest BCUT2D eigenvalue weighted by Gasteiger charge is -2.35. The second-order valence-electron chi connectivity index (χ2n) is 8.66. The molecule has 3 rings (SSSR count). The minimum atomic E-state index is -3.58. The second kappa shape index (κ2) is 9.28. The molecule has 0 aromatic heterocycles. The van der Waals surface area contributed by atoms with E-state index in [1.807, 2.05) is 42.5 Å². The van der Waals surface area contributed by atoms with Gasteiger partial charge in [-0.25, -0.2) is 8.42 Å². The van der Waals surface area contributed by atoms with Crippen molar-refractivity contribution in [2.45, 2.75) is 38.9 Å². The van der Waals surface area contributed by atoms with Crippen molar-refractivity contribution in [3.63, 3.8) is 0 Å². The summed E-state index contributed by atoms with van der Waals surface area (Å²) in [4.78, 5) is 12.6. The predicted octanol–water partition coefficient (Wildman–Crippen LogP) is 2.84. The number of nitrogens with zero attached hydrogens (tertiary/aromatic N) is 1. The highest BCUT2D eigenvalue weighted by atomic mass is 32.2. The average Bonchev–Trinajstić information content (AvgIpc) is 2.71. The van der Waals surface area contributed by atoms with Gasteiger partial charge in [0, 0.05) is 6.54 Å². The van der Waals surface area contributed by atoms with Gasteiger partial charge in [0.25, 0.3) is 5.91 Å². The van der Waals surface area contributed by atoms with Crippen molar-refractivity contribution in [2.75, 3.05) is 30.3 Å². The molecule has 0 aliphatic carbocycles. The molecular weight excluding hydrogens is 416 g/mol. The number of rotatable bonds is 7. The van der Waals surface area contributed by atoms with Crippen molar-refractivity contribution >= 4 is 21.6 Å². The van der Waals surface area contributed by atoms with E-state index in [1.54, 1.807) is 6.07 Å². The van der Waals surface area contributed by atoms with E-state index in [0.717, 1.165) is 17.4 Å². The van der Waals surface area contributed by atoms with Crippen molar-refractivity contribution < 1.29 is 22.7 Å². The van der Waals surface area contributed by atoms with Crippen LogP contribution in [-0.4, -0.2) is 46.4 Å². The normalized spacial score (nSPS) is 16.4. The first-order valence-electron chi connectivity index (χ1n) is 10.2. The summed E-state index contributed by atoms with van der Waals surface area (Å²) in [7, 11) is -3.58. The molecule has 31 heavy (non-hydrogen) atoms. The number of ether oxygens (including phenoxy) is 2. The number of carbonyl (C=O) groups excluding carboxylic acids is 1. The third-order valence-corrected chi connectivity index (χ3v) is 6.19. The standard InChI is InChI=1S/C23H30N2O5S/c1-23(2,3)18-10-11-20-19(14-18)25(31(4,27)28)15-21(30-20)22(26)24-12-13-29-16-17-8-6-5-7-9-17/h5-11,14,21H,12-13,15-16H2,1-4H3,(H,24,26). The third kappa shape index (κ3) is 5.98. The molecule has 0 fully saturated rings. The molecule has 0 spiro atoms. The topological polar surface area (TPSA) is 84.9 Å². The van der Waals surface area contributed by atoms with Crippen LogP contribution in [0.4, 0.5) is 5.69 Å². The van der Waals surface area contributed by atoms with Gasteiger partial charge in [-0.15, -0.1) is 0 Å². The largest absolute Gasteiger partial charge is 0.476 e. The zero-order valence-electron chi connectivity index (χ0n) is 18.4. The van der Waals surface area contributed by atoms with Gasteiger partial charge in [-0.3, -0.25) is 9.10 Å². The first-order valence-corrected chi connectivity index (χ1v) is 12.1. The molecule has 7 nitrogen and oxygen atoms in total. The quantitative estimate of drug-likeness (QED) is 0.661. The Balaban J connectivity index is 1.63. The summed E-state index contributed by atoms with van der Waals surface area (Å²) in [5.41, 5.74) is 2.36. The van der Waals surface area contributed by atoms with Gasteiger partial charge in [-0.2, -0.15) is 0 Å². The van der Waals surface area contributed by atoms with E-state index >= 15 is 0 Å². The summed E-state index contributed by atoms with van der Waals surface area (Å²) in [5, 5.41) is 2.77. The lowest BCUT2D eigenvalue weighted by atomic mass is 9.86. The van der Waals surface area contributed by atoms with Crippen LogP contribution < -0.4 is 14.4 Å². The molecule has 1 amide bonds. The first kappa shape index (κ1) is 23.1. The lowest BCUT2D eigenvalue weighted by molar-refractivity contribution is -0.128. The first-order chi connectivity index (χ1) is 14.6. The molecule has 1 N–H and O–H groups in total. The molecule has 1 aliphatic heterocycles. The number of hydrogen-bond donors (Lipinski definition) is 1. The third-order valence-electron chi connectivity index (χ3n) is 5.04. The van der Waals surface area contributed by atoms with E-state index in [9.17, 15) is 13.2 Å². The molecule has 0 saturated carbocycles. The number of sulfonamides is 1. The maximum atomic E-state index is 12.6. The molecular formula is C23H30N2O5S. The Morgan fingerprint density at radius 2 is 1.90 bits per heavy atom. The van der Waals surface area contributed by atoms with E-state index in [1.165, 1.54) is 4.31 Å². The van der Waals surface area contributed by atoms with Crippen molar-refractivity contribution in [1.29, 1.82) is 0 Å². The molecule has 8 heteroatoms. The molecule has 1 unspecified atom stereocenters. The number of amides is 1. The smallest absolute Gasteiger partial charge is 0.263 e. The molecule has 2 aromatic rings. The van der Waals surface area contributed by atoms with Crippen molar-refractivity contribution in [3.8, 4) is 5.75 Å². The van der Waals surface area contributed by atoms with Crippen LogP contribution in [-0.2, 0) is 31.6 Å². The van der Waals surface area contributed by atoms with Gasteiger partial charge in [-0.1, -0.05) is 57.2 Å². The minimum absolute atomic E-state index is 0.0733. The predicted molar refractivity (Wildman–Crippen MR) is 121 cm³/mol. The fourth-order valence-corrected chi connectivity index (χ4v) is 4.20. The Kier molecular flexibility index (Phi) is 6.91. The molecule has 0 radical (unpaired) electrons. The van der Waals surface area contributed by atoms with Crippen LogP contribution in [0, 0.1) is 0 Å². The Bertz CT molecular complexity index is 1020. The van der Waals surface area contributed by atoms with Crippen LogP contribution in [0.3, 0.4) is 0 Å². The van der Waals surface area contributed by atoms with E-state index in [-0.39, 0.29) is 17.9 Å². The van der Waals surface area contributed by atoms with Gasteiger partial charge < -0.3 is 14.8 Å². The van der Waals surface area contributed by atoms with Crippen LogP contribution in [0.2, 0.25) is 0 Å². The van der Waals surface area contributed by atoms with Crippen LogP contribution in [0.1, 0.15) is 31.9 Å². The Hall–Kier alpha value is -2.58. The Morgan fingerprint density at radius 1 is 1.19 bits per heavy atom. The highest BCUT2D eigenvalue weighted by molar-refractivity contribution is 7.92. The van der Waals surface area contributed by atoms with Gasteiger partial charge in [0.05, 0.1) is 31.7 Å². The summed E-state index contributed by atoms with van der Waals surface area (Å²) >= 11 is 0. The molecule has 0 bridgehead atoms. The second-order valence-corrected chi connectivity index (χ2v) is 10.6. The fourth-order valence-electron chi connectivity index (χ4n) is 3.29. The van der Waals surface area contributed by atoms with Crippen LogP contribution in [0.5, 0.6) is 5.75 Å². The summed E-state index contributed by atoms with van der Waals surface area (Å²) in [6, 6.07) is 15.2. The van der Waals surface area contributed by atoms with Gasteiger partial charge in [-0.05, 0) is 28.7 Å². The van der Waals surface area contributed by atoms with Gasteiger partial charge in [0.1, 0.15) is 5.75 Å². The number of fused-ring (bicyclic) bond motifs is 1. The minimum Gasteiger partial charge on any atom is -0.476 e.